The van der Waals surface area contributed by atoms with Crippen molar-refractivity contribution in [2.75, 3.05) is 11.9 Å². The van der Waals surface area contributed by atoms with E-state index >= 15 is 0 Å². The molecular weight excluding hydrogens is 481 g/mol. The molecule has 2 atom stereocenters. The number of alkyl halides is 1. The first kappa shape index (κ1) is 23.9. The van der Waals surface area contributed by atoms with Crippen LogP contribution in [-0.4, -0.2) is 71.3 Å². The molecule has 0 aliphatic carbocycles. The van der Waals surface area contributed by atoms with Crippen LogP contribution in [-0.2, 0) is 16.1 Å². The van der Waals surface area contributed by atoms with Crippen molar-refractivity contribution in [1.82, 2.24) is 34.8 Å². The fourth-order valence-corrected chi connectivity index (χ4v) is 4.38. The average Bonchev–Trinajstić information content (AvgIpc) is 3.45. The number of carbonyl (C=O) groups is 3. The molecule has 4 heterocycles. The molecule has 5 rings (SSSR count). The number of amides is 3. The number of carbonyl (C=O) groups excluding carboxylic acids is 3. The molecule has 13 heteroatoms. The maximum absolute atomic E-state index is 14.4. The summed E-state index contributed by atoms with van der Waals surface area (Å²) in [7, 11) is 0. The molecule has 1 saturated heterocycles. The number of nitrogens with zero attached hydrogens (tertiary/aromatic N) is 7. The van der Waals surface area contributed by atoms with Gasteiger partial charge in [-0.05, 0) is 30.7 Å². The van der Waals surface area contributed by atoms with E-state index in [4.69, 9.17) is 5.73 Å². The number of hydrogen-bond acceptors (Lipinski definition) is 8. The number of nitrogens with two attached hydrogens (primary N) is 1. The molecule has 1 fully saturated rings. The van der Waals surface area contributed by atoms with Crippen LogP contribution >= 0.6 is 0 Å². The van der Waals surface area contributed by atoms with Gasteiger partial charge in [-0.15, -0.1) is 0 Å². The largest absolute Gasteiger partial charge is 0.364 e. The van der Waals surface area contributed by atoms with Crippen LogP contribution in [0.4, 0.5) is 10.2 Å². The molecular formula is C24H22FN9O3. The Morgan fingerprint density at radius 2 is 1.97 bits per heavy atom. The van der Waals surface area contributed by atoms with Crippen LogP contribution in [0.25, 0.3) is 22.0 Å². The molecule has 3 N–H and O–H groups in total. The summed E-state index contributed by atoms with van der Waals surface area (Å²) in [5.41, 5.74) is 8.15. The summed E-state index contributed by atoms with van der Waals surface area (Å²) in [4.78, 5) is 47.6. The zero-order valence-corrected chi connectivity index (χ0v) is 19.7. The number of halogens is 1. The van der Waals surface area contributed by atoms with Crippen molar-refractivity contribution in [1.29, 1.82) is 0 Å². The summed E-state index contributed by atoms with van der Waals surface area (Å²) in [6.07, 6.45) is 4.51. The second kappa shape index (κ2) is 9.68. The minimum absolute atomic E-state index is 0.0104. The molecule has 0 saturated carbocycles. The maximum Gasteiger partial charge on any atom is 0.269 e. The molecule has 1 aliphatic heterocycles. The lowest BCUT2D eigenvalue weighted by Crippen LogP contribution is -2.44. The van der Waals surface area contributed by atoms with Crippen molar-refractivity contribution in [3.05, 3.63) is 60.4 Å². The highest BCUT2D eigenvalue weighted by Gasteiger charge is 2.40. The van der Waals surface area contributed by atoms with Crippen LogP contribution in [0.5, 0.6) is 0 Å². The predicted molar refractivity (Wildman–Crippen MR) is 130 cm³/mol. The minimum atomic E-state index is -1.37. The second-order valence-corrected chi connectivity index (χ2v) is 8.66. The number of hydrogen-bond donors (Lipinski definition) is 2. The second-order valence-electron chi connectivity index (χ2n) is 8.66. The normalized spacial score (nSPS) is 17.2. The molecule has 0 bridgehead atoms. The number of likely N-dealkylation sites (tertiary alicyclic amines) is 1. The number of rotatable bonds is 6. The van der Waals surface area contributed by atoms with Crippen molar-refractivity contribution in [2.24, 2.45) is 5.73 Å². The first-order valence-electron chi connectivity index (χ1n) is 11.4. The Labute approximate surface area is 209 Å². The molecule has 1 aliphatic rings. The highest BCUT2D eigenvalue weighted by molar-refractivity contribution is 6.05. The summed E-state index contributed by atoms with van der Waals surface area (Å²) in [6.45, 7) is 1.16. The summed E-state index contributed by atoms with van der Waals surface area (Å²) in [5.74, 6) is -1.64. The molecule has 4 aromatic rings. The zero-order chi connectivity index (χ0) is 26.1. The van der Waals surface area contributed by atoms with E-state index in [1.807, 2.05) is 0 Å². The number of fused-ring (bicyclic) bond motifs is 1. The SMILES string of the molecule is Cc1cncc(NC(=O)[C@@H]2C[C@@H](F)CN2C(=O)Cn2nc(C(N)=O)c3cc(-c4ccnnc4)ccc32)n1. The third kappa shape index (κ3) is 4.83. The maximum atomic E-state index is 14.4. The minimum Gasteiger partial charge on any atom is -0.364 e. The highest BCUT2D eigenvalue weighted by Crippen LogP contribution is 2.27. The van der Waals surface area contributed by atoms with Gasteiger partial charge in [-0.2, -0.15) is 15.3 Å². The van der Waals surface area contributed by atoms with E-state index in [0.717, 1.165) is 11.1 Å². The monoisotopic (exact) mass is 503 g/mol. The Hall–Kier alpha value is -4.81. The molecule has 1 aromatic carbocycles. The van der Waals surface area contributed by atoms with Crippen LogP contribution in [0.2, 0.25) is 0 Å². The van der Waals surface area contributed by atoms with Crippen LogP contribution in [0.3, 0.4) is 0 Å². The van der Waals surface area contributed by atoms with E-state index in [0.29, 0.717) is 16.6 Å². The first-order valence-corrected chi connectivity index (χ1v) is 11.4. The van der Waals surface area contributed by atoms with Gasteiger partial charge in [-0.25, -0.2) is 9.37 Å². The molecule has 3 amide bonds. The third-order valence-corrected chi connectivity index (χ3v) is 6.07. The van der Waals surface area contributed by atoms with E-state index < -0.39 is 29.9 Å². The first-order chi connectivity index (χ1) is 17.8. The van der Waals surface area contributed by atoms with Gasteiger partial charge >= 0.3 is 0 Å². The lowest BCUT2D eigenvalue weighted by Gasteiger charge is -2.23. The fourth-order valence-electron chi connectivity index (χ4n) is 4.38. The van der Waals surface area contributed by atoms with Crippen molar-refractivity contribution in [3.8, 4) is 11.1 Å². The summed E-state index contributed by atoms with van der Waals surface area (Å²) in [5, 5.41) is 14.9. The molecule has 0 unspecified atom stereocenters. The van der Waals surface area contributed by atoms with Crippen molar-refractivity contribution in [2.45, 2.75) is 32.1 Å². The number of nitrogens with one attached hydrogen (secondary N) is 1. The summed E-state index contributed by atoms with van der Waals surface area (Å²) in [6, 6.07) is 5.96. The Bertz CT molecular complexity index is 1510. The van der Waals surface area contributed by atoms with Gasteiger partial charge in [0.1, 0.15) is 18.8 Å². The molecule has 37 heavy (non-hydrogen) atoms. The van der Waals surface area contributed by atoms with E-state index in [1.54, 1.807) is 43.6 Å². The summed E-state index contributed by atoms with van der Waals surface area (Å²) < 4.78 is 15.7. The smallest absolute Gasteiger partial charge is 0.269 e. The van der Waals surface area contributed by atoms with Crippen LogP contribution < -0.4 is 11.1 Å². The molecule has 3 aromatic heterocycles. The van der Waals surface area contributed by atoms with Gasteiger partial charge < -0.3 is 16.0 Å². The fraction of sp³-hybridized carbons (Fsp3) is 0.250. The van der Waals surface area contributed by atoms with E-state index in [2.05, 4.69) is 30.6 Å². The number of primary amides is 1. The Balaban J connectivity index is 1.41. The molecule has 0 spiro atoms. The van der Waals surface area contributed by atoms with Gasteiger partial charge in [0.2, 0.25) is 11.8 Å². The molecule has 0 radical (unpaired) electrons. The highest BCUT2D eigenvalue weighted by atomic mass is 19.1. The van der Waals surface area contributed by atoms with Gasteiger partial charge in [-0.1, -0.05) is 6.07 Å². The lowest BCUT2D eigenvalue weighted by molar-refractivity contribution is -0.137. The van der Waals surface area contributed by atoms with Crippen LogP contribution in [0.15, 0.2) is 49.1 Å². The van der Waals surface area contributed by atoms with Gasteiger partial charge in [0.05, 0.1) is 36.3 Å². The lowest BCUT2D eigenvalue weighted by atomic mass is 10.0. The van der Waals surface area contributed by atoms with Gasteiger partial charge in [0.25, 0.3) is 5.91 Å². The Kier molecular flexibility index (Phi) is 6.26. The average molecular weight is 503 g/mol. The Morgan fingerprint density at radius 1 is 1.14 bits per heavy atom. The standard InChI is InChI=1S/C24H22FN9O3/c1-13-8-27-10-20(30-13)31-24(37)19-7-16(25)11-33(19)21(35)12-34-18-3-2-14(15-4-5-28-29-9-15)6-17(18)22(32-34)23(26)36/h2-6,8-10,16,19H,7,11-12H2,1H3,(H2,26,36)(H,30,31,37)/t16-,19+/m1/s1. The third-order valence-electron chi connectivity index (χ3n) is 6.07. The number of aromatic nitrogens is 6. The summed E-state index contributed by atoms with van der Waals surface area (Å²) >= 11 is 0. The van der Waals surface area contributed by atoms with Crippen LogP contribution in [0.1, 0.15) is 22.6 Å². The quantitative estimate of drug-likeness (QED) is 0.397. The topological polar surface area (TPSA) is 162 Å². The zero-order valence-electron chi connectivity index (χ0n) is 19.7. The van der Waals surface area contributed by atoms with Gasteiger partial charge in [0, 0.05) is 23.6 Å². The van der Waals surface area contributed by atoms with Crippen molar-refractivity contribution in [3.63, 3.8) is 0 Å². The number of benzene rings is 1. The predicted octanol–water partition coefficient (Wildman–Crippen LogP) is 1.27. The molecule has 12 nitrogen and oxygen atoms in total. The molecule has 188 valence electrons. The number of aryl methyl sites for hydroxylation is 1. The Morgan fingerprint density at radius 3 is 2.70 bits per heavy atom. The van der Waals surface area contributed by atoms with E-state index in [-0.39, 0.29) is 31.0 Å². The van der Waals surface area contributed by atoms with Gasteiger partial charge in [-0.3, -0.25) is 24.0 Å². The van der Waals surface area contributed by atoms with Crippen LogP contribution in [0, 0.1) is 6.92 Å². The van der Waals surface area contributed by atoms with Crippen molar-refractivity contribution < 1.29 is 18.8 Å². The van der Waals surface area contributed by atoms with E-state index in [9.17, 15) is 18.8 Å². The number of anilines is 1. The van der Waals surface area contributed by atoms with E-state index in [1.165, 1.54) is 22.0 Å². The van der Waals surface area contributed by atoms with Gasteiger partial charge in [0.15, 0.2) is 11.5 Å². The van der Waals surface area contributed by atoms with Crippen molar-refractivity contribution >= 4 is 34.4 Å².